The van der Waals surface area contributed by atoms with E-state index in [9.17, 15) is 0 Å². The molecule has 0 saturated carbocycles. The van der Waals surface area contributed by atoms with E-state index in [1.165, 1.54) is 44.2 Å². The Bertz CT molecular complexity index is 1300. The minimum absolute atomic E-state index is 0. The molecule has 0 N–H and O–H groups in total. The summed E-state index contributed by atoms with van der Waals surface area (Å²) < 4.78 is 0. The number of hydrogen-bond acceptors (Lipinski definition) is 0. The maximum Gasteiger partial charge on any atom is 4.00 e. The Morgan fingerprint density at radius 2 is 1.21 bits per heavy atom. The predicted octanol–water partition coefficient (Wildman–Crippen LogP) is 2.27. The van der Waals surface area contributed by atoms with Gasteiger partial charge in [0.05, 0.1) is 0 Å². The van der Waals surface area contributed by atoms with E-state index in [1.807, 2.05) is 6.07 Å². The van der Waals surface area contributed by atoms with E-state index < -0.39 is 0 Å². The van der Waals surface area contributed by atoms with Crippen molar-refractivity contribution in [3.8, 4) is 11.1 Å². The van der Waals surface area contributed by atoms with E-state index in [0.29, 0.717) is 5.92 Å². The summed E-state index contributed by atoms with van der Waals surface area (Å²) in [4.78, 5) is 0. The normalized spacial score (nSPS) is 13.2. The molecule has 0 aliphatic heterocycles. The second kappa shape index (κ2) is 13.0. The van der Waals surface area contributed by atoms with E-state index in [-0.39, 0.29) is 50.7 Å². The minimum atomic E-state index is 0. The van der Waals surface area contributed by atoms with Crippen molar-refractivity contribution in [3.63, 3.8) is 0 Å². The molecule has 3 heteroatoms. The topological polar surface area (TPSA) is 0 Å². The van der Waals surface area contributed by atoms with Gasteiger partial charge in [-0.05, 0) is 5.92 Å². The van der Waals surface area contributed by atoms with Crippen LogP contribution in [0.3, 0.4) is 0 Å². The third-order valence-corrected chi connectivity index (χ3v) is 5.94. The average molecular weight is 646 g/mol. The van der Waals surface area contributed by atoms with Gasteiger partial charge in [0.15, 0.2) is 0 Å². The SMILES string of the molecule is CC1C(c2ccccc2)=[C-]c2ccccc21.[Cl-].[Cl-].[Hf+4].c1ccc(-c2cc3ccccc3[cH-]2)cc1. The quantitative estimate of drug-likeness (QED) is 0.204. The average Bonchev–Trinajstić information content (AvgIpc) is 3.42. The van der Waals surface area contributed by atoms with Crippen molar-refractivity contribution in [2.45, 2.75) is 12.8 Å². The van der Waals surface area contributed by atoms with Gasteiger partial charge in [-0.3, -0.25) is 0 Å². The Kier molecular flexibility index (Phi) is 10.6. The molecule has 0 nitrogen and oxygen atoms in total. The number of hydrogen-bond donors (Lipinski definition) is 0. The zero-order chi connectivity index (χ0) is 21.0. The number of fused-ring (bicyclic) bond motifs is 2. The van der Waals surface area contributed by atoms with Crippen LogP contribution in [-0.2, 0) is 25.8 Å². The van der Waals surface area contributed by atoms with Crippen LogP contribution in [0.1, 0.15) is 29.5 Å². The molecule has 1 unspecified atom stereocenters. The molecule has 0 fully saturated rings. The molecule has 1 aliphatic rings. The van der Waals surface area contributed by atoms with Crippen molar-refractivity contribution in [1.82, 2.24) is 0 Å². The summed E-state index contributed by atoms with van der Waals surface area (Å²) in [5, 5.41) is 2.63. The van der Waals surface area contributed by atoms with E-state index in [0.717, 1.165) is 0 Å². The first-order chi connectivity index (χ1) is 15.3. The van der Waals surface area contributed by atoms with Gasteiger partial charge >= 0.3 is 25.8 Å². The number of rotatable bonds is 2. The molecule has 0 radical (unpaired) electrons. The van der Waals surface area contributed by atoms with Crippen LogP contribution in [0, 0.1) is 6.08 Å². The Labute approximate surface area is 233 Å². The Morgan fingerprint density at radius 1 is 0.647 bits per heavy atom. The molecule has 1 aliphatic carbocycles. The smallest absolute Gasteiger partial charge is 1.00 e. The van der Waals surface area contributed by atoms with Crippen LogP contribution in [0.15, 0.2) is 121 Å². The zero-order valence-electron chi connectivity index (χ0n) is 18.9. The van der Waals surface area contributed by atoms with Gasteiger partial charge in [-0.2, -0.15) is 0 Å². The molecule has 166 valence electrons. The van der Waals surface area contributed by atoms with Gasteiger partial charge in [0.25, 0.3) is 0 Å². The van der Waals surface area contributed by atoms with Crippen LogP contribution in [0.2, 0.25) is 0 Å². The fourth-order valence-electron chi connectivity index (χ4n) is 4.28. The van der Waals surface area contributed by atoms with Crippen molar-refractivity contribution < 1.29 is 50.7 Å². The van der Waals surface area contributed by atoms with E-state index in [1.54, 1.807) is 0 Å². The molecule has 0 bridgehead atoms. The molecule has 5 aromatic rings. The summed E-state index contributed by atoms with van der Waals surface area (Å²) in [7, 11) is 0. The van der Waals surface area contributed by atoms with Gasteiger partial charge in [-0.1, -0.05) is 103 Å². The van der Waals surface area contributed by atoms with E-state index >= 15 is 0 Å². The Balaban J connectivity index is 0.000000221. The van der Waals surface area contributed by atoms with Crippen LogP contribution in [-0.4, -0.2) is 0 Å². The molecular formula is C31H24Cl2Hf. The molecule has 0 saturated heterocycles. The predicted molar refractivity (Wildman–Crippen MR) is 132 cm³/mol. The zero-order valence-corrected chi connectivity index (χ0v) is 24.0. The van der Waals surface area contributed by atoms with Crippen LogP contribution in [0.4, 0.5) is 0 Å². The first-order valence-electron chi connectivity index (χ1n) is 10.8. The number of halogens is 2. The Morgan fingerprint density at radius 3 is 1.85 bits per heavy atom. The van der Waals surface area contributed by atoms with Crippen molar-refractivity contribution >= 4 is 16.3 Å². The third-order valence-electron chi connectivity index (χ3n) is 5.94. The van der Waals surface area contributed by atoms with Crippen LogP contribution in [0.5, 0.6) is 0 Å². The van der Waals surface area contributed by atoms with Crippen molar-refractivity contribution in [2.75, 3.05) is 0 Å². The van der Waals surface area contributed by atoms with Gasteiger partial charge in [-0.15, -0.1) is 75.5 Å². The summed E-state index contributed by atoms with van der Waals surface area (Å²) in [6.45, 7) is 2.25. The van der Waals surface area contributed by atoms with Gasteiger partial charge in [-0.25, -0.2) is 0 Å². The Hall–Kier alpha value is -2.32. The van der Waals surface area contributed by atoms with Crippen molar-refractivity contribution in [3.05, 3.63) is 144 Å². The molecule has 5 aromatic carbocycles. The maximum atomic E-state index is 3.52. The van der Waals surface area contributed by atoms with Gasteiger partial charge in [0.2, 0.25) is 0 Å². The van der Waals surface area contributed by atoms with E-state index in [2.05, 4.69) is 128 Å². The monoisotopic (exact) mass is 646 g/mol. The fraction of sp³-hybridized carbons (Fsp3) is 0.0645. The van der Waals surface area contributed by atoms with Crippen molar-refractivity contribution in [1.29, 1.82) is 0 Å². The molecule has 0 amide bonds. The maximum absolute atomic E-state index is 3.52. The molecule has 0 spiro atoms. The summed E-state index contributed by atoms with van der Waals surface area (Å²) >= 11 is 0. The first-order valence-corrected chi connectivity index (χ1v) is 10.8. The summed E-state index contributed by atoms with van der Waals surface area (Å²) in [6, 6.07) is 42.5. The standard InChI is InChI=1S/C16H13.C15H11.2ClH.Hf/c1-12-15-10-6-5-9-14(15)11-16(12)13-7-3-2-4-8-13;1-2-6-12(7-3-1)15-10-13-8-4-5-9-14(13)11-15;;;/h2-10,12H,1H3;1-11H;2*1H;/q2*-1;;;+4/p-2. The molecular weight excluding hydrogens is 622 g/mol. The second-order valence-corrected chi connectivity index (χ2v) is 7.95. The fourth-order valence-corrected chi connectivity index (χ4v) is 4.28. The van der Waals surface area contributed by atoms with Crippen LogP contribution < -0.4 is 24.8 Å². The molecule has 34 heavy (non-hydrogen) atoms. The van der Waals surface area contributed by atoms with Crippen LogP contribution in [0.25, 0.3) is 27.5 Å². The number of benzene rings is 4. The molecule has 0 heterocycles. The number of allylic oxidation sites excluding steroid dienone is 1. The summed E-state index contributed by atoms with van der Waals surface area (Å²) in [5.41, 5.74) is 7.81. The van der Waals surface area contributed by atoms with Gasteiger partial charge < -0.3 is 24.8 Å². The summed E-state index contributed by atoms with van der Waals surface area (Å²) in [6.07, 6.45) is 3.52. The largest absolute Gasteiger partial charge is 4.00 e. The first kappa shape index (κ1) is 27.9. The molecule has 6 rings (SSSR count). The molecule has 1 atom stereocenters. The van der Waals surface area contributed by atoms with Gasteiger partial charge in [0, 0.05) is 0 Å². The minimum Gasteiger partial charge on any atom is -1.00 e. The van der Waals surface area contributed by atoms with Crippen LogP contribution >= 0.6 is 0 Å². The molecule has 0 aromatic heterocycles. The second-order valence-electron chi connectivity index (χ2n) is 7.95. The summed E-state index contributed by atoms with van der Waals surface area (Å²) in [5.74, 6) is 0.457. The van der Waals surface area contributed by atoms with Crippen molar-refractivity contribution in [2.24, 2.45) is 0 Å². The third kappa shape index (κ3) is 6.02. The van der Waals surface area contributed by atoms with Gasteiger partial charge in [0.1, 0.15) is 0 Å². The van der Waals surface area contributed by atoms with E-state index in [4.69, 9.17) is 0 Å².